The van der Waals surface area contributed by atoms with Gasteiger partial charge in [-0.05, 0) is 47.2 Å². The van der Waals surface area contributed by atoms with E-state index in [9.17, 15) is 17.6 Å². The van der Waals surface area contributed by atoms with E-state index in [0.29, 0.717) is 18.6 Å². The number of benzene rings is 3. The molecule has 0 spiro atoms. The van der Waals surface area contributed by atoms with Gasteiger partial charge in [0.05, 0.1) is 6.61 Å². The summed E-state index contributed by atoms with van der Waals surface area (Å²) >= 11 is 0. The molecule has 5 heteroatoms. The van der Waals surface area contributed by atoms with Crippen LogP contribution in [-0.2, 0) is 6.42 Å². The molecule has 0 aliphatic rings. The van der Waals surface area contributed by atoms with Crippen LogP contribution in [0.2, 0.25) is 0 Å². The van der Waals surface area contributed by atoms with Crippen molar-refractivity contribution in [2.75, 3.05) is 6.61 Å². The number of ether oxygens (including phenoxy) is 1. The highest BCUT2D eigenvalue weighted by Crippen LogP contribution is 2.33. The first-order chi connectivity index (χ1) is 18.8. The van der Waals surface area contributed by atoms with Crippen LogP contribution < -0.4 is 4.74 Å². The van der Waals surface area contributed by atoms with Crippen molar-refractivity contribution in [3.05, 3.63) is 77.9 Å². The fourth-order valence-corrected chi connectivity index (χ4v) is 4.78. The van der Waals surface area contributed by atoms with Crippen LogP contribution in [0.4, 0.5) is 17.6 Å². The van der Waals surface area contributed by atoms with Gasteiger partial charge in [0.2, 0.25) is 0 Å². The van der Waals surface area contributed by atoms with Crippen molar-refractivity contribution >= 4 is 0 Å². The molecule has 0 aromatic heterocycles. The lowest BCUT2D eigenvalue weighted by molar-refractivity contribution is -0.0103. The molecule has 0 saturated carbocycles. The van der Waals surface area contributed by atoms with E-state index in [1.54, 1.807) is 12.1 Å². The zero-order chi connectivity index (χ0) is 28.1. The lowest BCUT2D eigenvalue weighted by Gasteiger charge is -2.17. The molecule has 0 aliphatic heterocycles. The van der Waals surface area contributed by atoms with Gasteiger partial charge in [0.15, 0.2) is 11.6 Å². The van der Waals surface area contributed by atoms with Crippen molar-refractivity contribution in [2.45, 2.75) is 96.8 Å². The largest absolute Gasteiger partial charge is 0.494 e. The van der Waals surface area contributed by atoms with E-state index in [1.165, 1.54) is 44.2 Å². The average Bonchev–Trinajstić information content (AvgIpc) is 2.94. The number of alkyl halides is 2. The van der Waals surface area contributed by atoms with Gasteiger partial charge in [-0.25, -0.2) is 17.6 Å². The molecule has 0 amide bonds. The Morgan fingerprint density at radius 3 is 1.77 bits per heavy atom. The molecule has 3 aromatic rings. The predicted molar refractivity (Wildman–Crippen MR) is 154 cm³/mol. The van der Waals surface area contributed by atoms with E-state index in [4.69, 9.17) is 4.74 Å². The molecule has 0 aliphatic carbocycles. The van der Waals surface area contributed by atoms with E-state index in [1.807, 2.05) is 43.3 Å². The summed E-state index contributed by atoms with van der Waals surface area (Å²) in [7, 11) is 0. The van der Waals surface area contributed by atoms with Crippen LogP contribution in [0.3, 0.4) is 0 Å². The summed E-state index contributed by atoms with van der Waals surface area (Å²) in [6, 6.07) is 17.6. The topological polar surface area (TPSA) is 9.23 Å². The summed E-state index contributed by atoms with van der Waals surface area (Å²) in [5.41, 5.74) is 2.18. The number of unbranched alkanes of at least 4 members (excludes halogenated alkanes) is 8. The van der Waals surface area contributed by atoms with Crippen LogP contribution in [0.1, 0.15) is 90.0 Å². The minimum absolute atomic E-state index is 0.0625. The Morgan fingerprint density at radius 2 is 1.13 bits per heavy atom. The SMILES string of the molecule is CCCCCCCCOc1ccc(-c2ccc(-c3ccc(CC(F)(F)CCCCCC)c(F)c3F)cc2)cc1. The number of halogens is 4. The molecular formula is C34H42F4O. The minimum atomic E-state index is -3.06. The van der Waals surface area contributed by atoms with E-state index >= 15 is 0 Å². The first kappa shape index (κ1) is 30.7. The number of hydrogen-bond donors (Lipinski definition) is 0. The third kappa shape index (κ3) is 9.70. The van der Waals surface area contributed by atoms with E-state index in [2.05, 4.69) is 6.92 Å². The van der Waals surface area contributed by atoms with Gasteiger partial charge in [0.25, 0.3) is 5.92 Å². The number of rotatable bonds is 17. The van der Waals surface area contributed by atoms with E-state index in [-0.39, 0.29) is 17.5 Å². The van der Waals surface area contributed by atoms with Gasteiger partial charge in [-0.3, -0.25) is 0 Å². The summed E-state index contributed by atoms with van der Waals surface area (Å²) in [5.74, 6) is -4.51. The molecule has 1 nitrogen and oxygen atoms in total. The molecule has 3 aromatic carbocycles. The van der Waals surface area contributed by atoms with Crippen LogP contribution in [-0.4, -0.2) is 12.5 Å². The number of hydrogen-bond acceptors (Lipinski definition) is 1. The van der Waals surface area contributed by atoms with E-state index < -0.39 is 24.0 Å². The van der Waals surface area contributed by atoms with Crippen LogP contribution >= 0.6 is 0 Å². The fourth-order valence-electron chi connectivity index (χ4n) is 4.78. The van der Waals surface area contributed by atoms with E-state index in [0.717, 1.165) is 42.6 Å². The van der Waals surface area contributed by atoms with Crippen molar-refractivity contribution in [2.24, 2.45) is 0 Å². The Morgan fingerprint density at radius 1 is 0.590 bits per heavy atom. The van der Waals surface area contributed by atoms with Crippen molar-refractivity contribution in [3.8, 4) is 28.0 Å². The molecule has 0 bridgehead atoms. The van der Waals surface area contributed by atoms with Crippen LogP contribution in [0.5, 0.6) is 5.75 Å². The lowest BCUT2D eigenvalue weighted by Crippen LogP contribution is -2.20. The Labute approximate surface area is 231 Å². The monoisotopic (exact) mass is 542 g/mol. The average molecular weight is 543 g/mol. The van der Waals surface area contributed by atoms with Crippen LogP contribution in [0, 0.1) is 11.6 Å². The Bertz CT molecular complexity index is 1120. The third-order valence-corrected chi connectivity index (χ3v) is 7.16. The standard InChI is InChI=1S/C34H42F4O/c1-3-5-7-9-10-12-24-39-30-20-17-27(18-21-30)26-13-15-28(16-14-26)31-22-19-29(32(35)33(31)36)25-34(37,38)23-11-8-6-4-2/h13-22H,3-12,23-25H2,1-2H3. The maximum absolute atomic E-state index is 14.9. The summed E-state index contributed by atoms with van der Waals surface area (Å²) in [6.07, 6.45) is 9.15. The lowest BCUT2D eigenvalue weighted by atomic mass is 9.96. The highest BCUT2D eigenvalue weighted by molar-refractivity contribution is 5.71. The quantitative estimate of drug-likeness (QED) is 0.122. The van der Waals surface area contributed by atoms with Gasteiger partial charge in [0, 0.05) is 18.4 Å². The van der Waals surface area contributed by atoms with Crippen molar-refractivity contribution in [1.29, 1.82) is 0 Å². The summed E-state index contributed by atoms with van der Waals surface area (Å²) in [4.78, 5) is 0. The summed E-state index contributed by atoms with van der Waals surface area (Å²) in [6.45, 7) is 4.93. The van der Waals surface area contributed by atoms with Crippen LogP contribution in [0.25, 0.3) is 22.3 Å². The fraction of sp³-hybridized carbons (Fsp3) is 0.471. The zero-order valence-corrected chi connectivity index (χ0v) is 23.4. The maximum atomic E-state index is 14.9. The van der Waals surface area contributed by atoms with Crippen molar-refractivity contribution in [1.82, 2.24) is 0 Å². The minimum Gasteiger partial charge on any atom is -0.494 e. The van der Waals surface area contributed by atoms with Crippen molar-refractivity contribution < 1.29 is 22.3 Å². The molecule has 0 heterocycles. The summed E-state index contributed by atoms with van der Waals surface area (Å²) < 4.78 is 64.2. The predicted octanol–water partition coefficient (Wildman–Crippen LogP) is 11.2. The first-order valence-electron chi connectivity index (χ1n) is 14.5. The normalized spacial score (nSPS) is 11.6. The Balaban J connectivity index is 1.58. The summed E-state index contributed by atoms with van der Waals surface area (Å²) in [5, 5.41) is 0. The van der Waals surface area contributed by atoms with Gasteiger partial charge < -0.3 is 4.74 Å². The van der Waals surface area contributed by atoms with Gasteiger partial charge >= 0.3 is 0 Å². The smallest absolute Gasteiger partial charge is 0.252 e. The molecule has 0 unspecified atom stereocenters. The second-order valence-electron chi connectivity index (χ2n) is 10.5. The molecule has 0 atom stereocenters. The molecule has 3 rings (SSSR count). The second-order valence-corrected chi connectivity index (χ2v) is 10.5. The van der Waals surface area contributed by atoms with Crippen LogP contribution in [0.15, 0.2) is 60.7 Å². The van der Waals surface area contributed by atoms with Gasteiger partial charge in [-0.1, -0.05) is 114 Å². The molecule has 0 saturated heterocycles. The van der Waals surface area contributed by atoms with Crippen molar-refractivity contribution in [3.63, 3.8) is 0 Å². The van der Waals surface area contributed by atoms with Gasteiger partial charge in [-0.15, -0.1) is 0 Å². The molecule has 0 fully saturated rings. The molecule has 0 radical (unpaired) electrons. The third-order valence-electron chi connectivity index (χ3n) is 7.16. The molecule has 0 N–H and O–H groups in total. The highest BCUT2D eigenvalue weighted by Gasteiger charge is 2.31. The Hall–Kier alpha value is -2.82. The van der Waals surface area contributed by atoms with Gasteiger partial charge in [-0.2, -0.15) is 0 Å². The molecular weight excluding hydrogens is 500 g/mol. The molecule has 212 valence electrons. The highest BCUT2D eigenvalue weighted by atomic mass is 19.3. The zero-order valence-electron chi connectivity index (χ0n) is 23.4. The maximum Gasteiger partial charge on any atom is 0.252 e. The first-order valence-corrected chi connectivity index (χ1v) is 14.5. The molecule has 39 heavy (non-hydrogen) atoms. The Kier molecular flexibility index (Phi) is 12.4. The van der Waals surface area contributed by atoms with Gasteiger partial charge in [0.1, 0.15) is 5.75 Å². The second kappa shape index (κ2) is 15.7.